The van der Waals surface area contributed by atoms with Crippen LogP contribution in [-0.2, 0) is 4.74 Å². The van der Waals surface area contributed by atoms with Crippen molar-refractivity contribution in [2.24, 2.45) is 0 Å². The molecule has 0 atom stereocenters. The lowest BCUT2D eigenvalue weighted by atomic mass is 10.1. The van der Waals surface area contributed by atoms with Gasteiger partial charge in [-0.3, -0.25) is 0 Å². The maximum atomic E-state index is 8.79. The quantitative estimate of drug-likeness (QED) is 0.786. The Hall–Kier alpha value is -1.46. The molecule has 1 fully saturated rings. The van der Waals surface area contributed by atoms with Crippen LogP contribution in [0, 0.1) is 0 Å². The highest BCUT2D eigenvalue weighted by Gasteiger charge is 2.20. The molecule has 1 aliphatic rings. The minimum atomic E-state index is 0.0913. The first-order valence-electron chi connectivity index (χ1n) is 7.63. The first-order chi connectivity index (χ1) is 10.1. The van der Waals surface area contributed by atoms with E-state index >= 15 is 0 Å². The lowest BCUT2D eigenvalue weighted by Crippen LogP contribution is -2.37. The summed E-state index contributed by atoms with van der Waals surface area (Å²) in [7, 11) is 0. The van der Waals surface area contributed by atoms with Gasteiger partial charge in [-0.1, -0.05) is 0 Å². The van der Waals surface area contributed by atoms with Crippen LogP contribution < -0.4 is 15.4 Å². The number of aliphatic hydroxyl groups is 1. The van der Waals surface area contributed by atoms with Crippen molar-refractivity contribution in [1.82, 2.24) is 0 Å². The molecular weight excluding hydrogens is 268 g/mol. The number of piperidine rings is 1. The predicted octanol–water partition coefficient (Wildman–Crippen LogP) is 2.03. The summed E-state index contributed by atoms with van der Waals surface area (Å²) in [6.45, 7) is 6.40. The zero-order valence-corrected chi connectivity index (χ0v) is 12.9. The summed E-state index contributed by atoms with van der Waals surface area (Å²) in [5.41, 5.74) is 7.77. The van der Waals surface area contributed by atoms with Gasteiger partial charge in [-0.25, -0.2) is 0 Å². The number of hydrogen-bond acceptors (Lipinski definition) is 5. The third-order valence-corrected chi connectivity index (χ3v) is 3.61. The average molecular weight is 294 g/mol. The summed E-state index contributed by atoms with van der Waals surface area (Å²) in [6.07, 6.45) is 2.32. The third-order valence-electron chi connectivity index (χ3n) is 3.61. The van der Waals surface area contributed by atoms with E-state index in [4.69, 9.17) is 20.3 Å². The molecule has 5 heteroatoms. The normalized spacial score (nSPS) is 16.5. The number of ether oxygens (including phenoxy) is 2. The monoisotopic (exact) mass is 294 g/mol. The summed E-state index contributed by atoms with van der Waals surface area (Å²) in [6, 6.07) is 5.96. The van der Waals surface area contributed by atoms with Gasteiger partial charge in [-0.15, -0.1) is 0 Å². The Bertz CT molecular complexity index is 443. The fourth-order valence-electron chi connectivity index (χ4n) is 2.58. The van der Waals surface area contributed by atoms with E-state index in [2.05, 4.69) is 4.90 Å². The number of hydrogen-bond donors (Lipinski definition) is 2. The molecule has 21 heavy (non-hydrogen) atoms. The van der Waals surface area contributed by atoms with Crippen LogP contribution in [0.5, 0.6) is 5.75 Å². The van der Waals surface area contributed by atoms with Crippen LogP contribution >= 0.6 is 0 Å². The number of aliphatic hydroxyl groups excluding tert-OH is 1. The second kappa shape index (κ2) is 7.52. The lowest BCUT2D eigenvalue weighted by Gasteiger charge is -2.33. The van der Waals surface area contributed by atoms with Crippen molar-refractivity contribution in [3.63, 3.8) is 0 Å². The molecular formula is C16H26N2O3. The van der Waals surface area contributed by atoms with Crippen molar-refractivity contribution in [3.05, 3.63) is 18.2 Å². The zero-order chi connectivity index (χ0) is 15.2. The van der Waals surface area contributed by atoms with Gasteiger partial charge in [0.25, 0.3) is 0 Å². The van der Waals surface area contributed by atoms with Crippen molar-refractivity contribution < 1.29 is 14.6 Å². The number of benzene rings is 1. The maximum Gasteiger partial charge on any atom is 0.144 e. The van der Waals surface area contributed by atoms with Gasteiger partial charge in [-0.05, 0) is 38.8 Å². The molecule has 5 nitrogen and oxygen atoms in total. The van der Waals surface area contributed by atoms with Gasteiger partial charge in [0.2, 0.25) is 0 Å². The second-order valence-electron chi connectivity index (χ2n) is 5.67. The Morgan fingerprint density at radius 1 is 1.33 bits per heavy atom. The van der Waals surface area contributed by atoms with E-state index in [0.717, 1.165) is 37.4 Å². The number of nitrogen functional groups attached to an aromatic ring is 1. The summed E-state index contributed by atoms with van der Waals surface area (Å²) < 4.78 is 11.3. The minimum Gasteiger partial charge on any atom is -0.489 e. The number of rotatable bonds is 6. The summed E-state index contributed by atoms with van der Waals surface area (Å²) in [5, 5.41) is 8.79. The van der Waals surface area contributed by atoms with Crippen molar-refractivity contribution in [2.45, 2.75) is 38.9 Å². The number of anilines is 2. The maximum absolute atomic E-state index is 8.79. The van der Waals surface area contributed by atoms with Gasteiger partial charge in [0, 0.05) is 24.8 Å². The molecule has 0 spiro atoms. The minimum absolute atomic E-state index is 0.0913. The molecule has 3 N–H and O–H groups in total. The highest BCUT2D eigenvalue weighted by atomic mass is 16.5. The van der Waals surface area contributed by atoms with Crippen LogP contribution in [0.3, 0.4) is 0 Å². The lowest BCUT2D eigenvalue weighted by molar-refractivity contribution is 0.0159. The highest BCUT2D eigenvalue weighted by Crippen LogP contribution is 2.30. The van der Waals surface area contributed by atoms with Crippen LogP contribution in [0.4, 0.5) is 11.4 Å². The van der Waals surface area contributed by atoms with Crippen LogP contribution in [0.25, 0.3) is 0 Å². The molecule has 1 aromatic rings. The van der Waals surface area contributed by atoms with E-state index in [0.29, 0.717) is 12.3 Å². The largest absolute Gasteiger partial charge is 0.489 e. The van der Waals surface area contributed by atoms with Gasteiger partial charge >= 0.3 is 0 Å². The Balaban J connectivity index is 1.96. The molecule has 0 aromatic heterocycles. The standard InChI is InChI=1S/C16H26N2O3/c1-12(2)21-16-11-13(3-4-15(16)17)18-7-5-14(6-8-18)20-10-9-19/h3-4,11-12,14,19H,5-10,17H2,1-2H3. The van der Waals surface area contributed by atoms with Crippen LogP contribution in [0.2, 0.25) is 0 Å². The first-order valence-corrected chi connectivity index (χ1v) is 7.63. The summed E-state index contributed by atoms with van der Waals surface area (Å²) in [5.74, 6) is 0.751. The van der Waals surface area contributed by atoms with Gasteiger partial charge < -0.3 is 25.2 Å². The summed E-state index contributed by atoms with van der Waals surface area (Å²) >= 11 is 0. The van der Waals surface area contributed by atoms with Crippen LogP contribution in [0.1, 0.15) is 26.7 Å². The molecule has 118 valence electrons. The smallest absolute Gasteiger partial charge is 0.144 e. The van der Waals surface area contributed by atoms with Gasteiger partial charge in [0.05, 0.1) is 31.1 Å². The highest BCUT2D eigenvalue weighted by molar-refractivity contribution is 5.62. The molecule has 1 heterocycles. The van der Waals surface area contributed by atoms with Gasteiger partial charge in [0.15, 0.2) is 0 Å². The molecule has 0 amide bonds. The Morgan fingerprint density at radius 3 is 2.67 bits per heavy atom. The molecule has 0 radical (unpaired) electrons. The van der Waals surface area contributed by atoms with Crippen molar-refractivity contribution in [3.8, 4) is 5.75 Å². The van der Waals surface area contributed by atoms with Gasteiger partial charge in [0.1, 0.15) is 5.75 Å². The second-order valence-corrected chi connectivity index (χ2v) is 5.67. The SMILES string of the molecule is CC(C)Oc1cc(N2CCC(OCCO)CC2)ccc1N. The molecule has 2 rings (SSSR count). The number of nitrogens with two attached hydrogens (primary N) is 1. The Kier molecular flexibility index (Phi) is 5.70. The fraction of sp³-hybridized carbons (Fsp3) is 0.625. The zero-order valence-electron chi connectivity index (χ0n) is 12.9. The molecule has 1 saturated heterocycles. The van der Waals surface area contributed by atoms with Crippen LogP contribution in [0.15, 0.2) is 18.2 Å². The third kappa shape index (κ3) is 4.51. The predicted molar refractivity (Wildman–Crippen MR) is 84.9 cm³/mol. The van der Waals surface area contributed by atoms with Crippen molar-refractivity contribution in [2.75, 3.05) is 36.9 Å². The molecule has 0 saturated carbocycles. The molecule has 0 unspecified atom stereocenters. The van der Waals surface area contributed by atoms with Crippen LogP contribution in [-0.4, -0.2) is 43.6 Å². The van der Waals surface area contributed by atoms with E-state index in [1.807, 2.05) is 32.0 Å². The molecule has 1 aromatic carbocycles. The molecule has 0 aliphatic carbocycles. The van der Waals surface area contributed by atoms with E-state index < -0.39 is 0 Å². The topological polar surface area (TPSA) is 68.0 Å². The molecule has 1 aliphatic heterocycles. The molecule has 0 bridgehead atoms. The van der Waals surface area contributed by atoms with Gasteiger partial charge in [-0.2, -0.15) is 0 Å². The average Bonchev–Trinajstić information content (AvgIpc) is 2.47. The van der Waals surface area contributed by atoms with E-state index in [1.165, 1.54) is 0 Å². The Morgan fingerprint density at radius 2 is 2.05 bits per heavy atom. The van der Waals surface area contributed by atoms with Crippen molar-refractivity contribution in [1.29, 1.82) is 0 Å². The van der Waals surface area contributed by atoms with Crippen molar-refractivity contribution >= 4 is 11.4 Å². The fourth-order valence-corrected chi connectivity index (χ4v) is 2.58. The van der Waals surface area contributed by atoms with E-state index in [9.17, 15) is 0 Å². The first kappa shape index (κ1) is 15.9. The summed E-state index contributed by atoms with van der Waals surface area (Å²) in [4.78, 5) is 2.32. The van der Waals surface area contributed by atoms with E-state index in [1.54, 1.807) is 0 Å². The number of nitrogens with zero attached hydrogens (tertiary/aromatic N) is 1. The Labute approximate surface area is 126 Å². The van der Waals surface area contributed by atoms with E-state index in [-0.39, 0.29) is 18.8 Å².